The topological polar surface area (TPSA) is 108 Å². The summed E-state index contributed by atoms with van der Waals surface area (Å²) in [5.41, 5.74) is 0.354. The van der Waals surface area contributed by atoms with Crippen molar-refractivity contribution < 1.29 is 24.0 Å². The summed E-state index contributed by atoms with van der Waals surface area (Å²) in [6.07, 6.45) is 1.44. The van der Waals surface area contributed by atoms with E-state index >= 15 is 0 Å². The van der Waals surface area contributed by atoms with Crippen LogP contribution in [0.5, 0.6) is 5.75 Å². The molecule has 5 rings (SSSR count). The number of halogens is 3. The van der Waals surface area contributed by atoms with Crippen LogP contribution in [0.2, 0.25) is 5.02 Å². The second kappa shape index (κ2) is 10.2. The second-order valence-electron chi connectivity index (χ2n) is 7.60. The van der Waals surface area contributed by atoms with Crippen LogP contribution in [0.15, 0.2) is 80.3 Å². The number of benzene rings is 3. The van der Waals surface area contributed by atoms with Crippen LogP contribution in [0.1, 0.15) is 20.8 Å². The van der Waals surface area contributed by atoms with E-state index in [1.54, 1.807) is 18.2 Å². The predicted molar refractivity (Wildman–Crippen MR) is 147 cm³/mol. The molecule has 0 saturated heterocycles. The first-order chi connectivity index (χ1) is 17.7. The smallest absolute Gasteiger partial charge is 0.363 e. The number of fused-ring (bicyclic) bond motifs is 1. The van der Waals surface area contributed by atoms with E-state index in [-0.39, 0.29) is 28.6 Å². The van der Waals surface area contributed by atoms with Gasteiger partial charge in [0, 0.05) is 36.7 Å². The lowest BCUT2D eigenvalue weighted by Gasteiger charge is -2.08. The molecule has 3 aromatic carbocycles. The van der Waals surface area contributed by atoms with Crippen molar-refractivity contribution in [1.29, 1.82) is 0 Å². The van der Waals surface area contributed by atoms with Gasteiger partial charge >= 0.3 is 11.9 Å². The number of ether oxygens (including phenoxy) is 2. The molecule has 8 nitrogen and oxygen atoms in total. The Morgan fingerprint density at radius 3 is 2.51 bits per heavy atom. The van der Waals surface area contributed by atoms with Gasteiger partial charge in [-0.05, 0) is 48.5 Å². The van der Waals surface area contributed by atoms with Gasteiger partial charge in [0.25, 0.3) is 5.69 Å². The van der Waals surface area contributed by atoms with Crippen LogP contribution in [-0.2, 0) is 9.53 Å². The molecule has 0 fully saturated rings. The summed E-state index contributed by atoms with van der Waals surface area (Å²) in [6.45, 7) is 0. The molecule has 0 amide bonds. The maximum atomic E-state index is 12.7. The SMILES string of the molecule is O=C1OC(c2sc3cc(Br)ccc3c2Cl)=N/C1=C/c1cc(Br)ccc1OC(=O)c1ccc([N+](=O)[O-])cc1. The van der Waals surface area contributed by atoms with Crippen molar-refractivity contribution in [2.45, 2.75) is 0 Å². The first-order valence-electron chi connectivity index (χ1n) is 10.4. The van der Waals surface area contributed by atoms with Crippen molar-refractivity contribution in [1.82, 2.24) is 0 Å². The summed E-state index contributed by atoms with van der Waals surface area (Å²) < 4.78 is 13.4. The largest absolute Gasteiger partial charge is 0.422 e. The molecule has 1 aliphatic rings. The van der Waals surface area contributed by atoms with Gasteiger partial charge in [-0.25, -0.2) is 14.6 Å². The average molecular weight is 663 g/mol. The number of nitro groups is 1. The quantitative estimate of drug-likeness (QED) is 0.0718. The molecule has 0 N–H and O–H groups in total. The molecule has 0 unspecified atom stereocenters. The highest BCUT2D eigenvalue weighted by molar-refractivity contribution is 9.10. The summed E-state index contributed by atoms with van der Waals surface area (Å²) in [4.78, 5) is 40.5. The van der Waals surface area contributed by atoms with Crippen LogP contribution in [0.3, 0.4) is 0 Å². The molecule has 0 bridgehead atoms. The zero-order chi connectivity index (χ0) is 26.3. The maximum Gasteiger partial charge on any atom is 0.363 e. The molecule has 4 aromatic rings. The lowest BCUT2D eigenvalue weighted by Crippen LogP contribution is -2.09. The van der Waals surface area contributed by atoms with Crippen molar-refractivity contribution in [3.05, 3.63) is 106 Å². The van der Waals surface area contributed by atoms with Gasteiger partial charge in [-0.15, -0.1) is 11.3 Å². The number of cyclic esters (lactones) is 1. The van der Waals surface area contributed by atoms with Gasteiger partial charge in [0.1, 0.15) is 10.6 Å². The Hall–Kier alpha value is -3.38. The molecule has 0 saturated carbocycles. The van der Waals surface area contributed by atoms with Gasteiger partial charge in [0.2, 0.25) is 5.90 Å². The van der Waals surface area contributed by atoms with Crippen LogP contribution < -0.4 is 4.74 Å². The van der Waals surface area contributed by atoms with Gasteiger partial charge < -0.3 is 9.47 Å². The standard InChI is InChI=1S/C25H11Br2ClN2O6S/c26-14-4-8-19(35-24(31)12-1-5-16(6-2-12)30(33)34)13(9-14)10-18-25(32)36-23(29-18)22-21(28)17-7-3-15(27)11-20(17)37-22/h1-11H/b18-10+. The maximum absolute atomic E-state index is 12.7. The normalized spacial score (nSPS) is 14.1. The molecule has 0 spiro atoms. The van der Waals surface area contributed by atoms with Crippen molar-refractivity contribution in [2.24, 2.45) is 4.99 Å². The minimum Gasteiger partial charge on any atom is -0.422 e. The Balaban J connectivity index is 1.46. The van der Waals surface area contributed by atoms with E-state index in [0.717, 1.165) is 14.6 Å². The number of esters is 2. The summed E-state index contributed by atoms with van der Waals surface area (Å²) in [7, 11) is 0. The minimum atomic E-state index is -0.724. The Kier molecular flexibility index (Phi) is 6.95. The molecule has 1 aromatic heterocycles. The lowest BCUT2D eigenvalue weighted by atomic mass is 10.1. The molecular weight excluding hydrogens is 652 g/mol. The zero-order valence-corrected chi connectivity index (χ0v) is 23.0. The molecule has 0 aliphatic carbocycles. The van der Waals surface area contributed by atoms with Crippen molar-refractivity contribution >= 4 is 94.5 Å². The third-order valence-corrected chi connectivity index (χ3v) is 7.82. The van der Waals surface area contributed by atoms with Gasteiger partial charge in [0.15, 0.2) is 5.70 Å². The van der Waals surface area contributed by atoms with E-state index in [2.05, 4.69) is 36.9 Å². The highest BCUT2D eigenvalue weighted by atomic mass is 79.9. The first kappa shape index (κ1) is 25.3. The fourth-order valence-electron chi connectivity index (χ4n) is 3.43. The second-order valence-corrected chi connectivity index (χ2v) is 10.9. The third kappa shape index (κ3) is 5.21. The van der Waals surface area contributed by atoms with Gasteiger partial charge in [-0.1, -0.05) is 49.5 Å². The Bertz CT molecular complexity index is 1680. The van der Waals surface area contributed by atoms with E-state index < -0.39 is 16.9 Å². The van der Waals surface area contributed by atoms with Crippen LogP contribution in [-0.4, -0.2) is 22.8 Å². The number of carbonyl (C=O) groups is 2. The summed E-state index contributed by atoms with van der Waals surface area (Å²) in [6, 6.07) is 15.5. The Morgan fingerprint density at radius 2 is 1.78 bits per heavy atom. The fraction of sp³-hybridized carbons (Fsp3) is 0. The number of aliphatic imine (C=N–C) groups is 1. The van der Waals surface area contributed by atoms with E-state index in [1.165, 1.54) is 41.7 Å². The highest BCUT2D eigenvalue weighted by Crippen LogP contribution is 2.39. The van der Waals surface area contributed by atoms with Gasteiger partial charge in [0.05, 0.1) is 15.5 Å². The Labute approximate surface area is 234 Å². The predicted octanol–water partition coefficient (Wildman–Crippen LogP) is 7.55. The van der Waals surface area contributed by atoms with E-state index in [9.17, 15) is 19.7 Å². The van der Waals surface area contributed by atoms with E-state index in [4.69, 9.17) is 21.1 Å². The van der Waals surface area contributed by atoms with Crippen molar-refractivity contribution in [2.75, 3.05) is 0 Å². The summed E-state index contributed by atoms with van der Waals surface area (Å²) >= 11 is 14.7. The molecule has 1 aliphatic heterocycles. The zero-order valence-electron chi connectivity index (χ0n) is 18.2. The number of thiophene rings is 1. The molecular formula is C25H11Br2ClN2O6S. The van der Waals surface area contributed by atoms with Crippen LogP contribution >= 0.6 is 54.8 Å². The number of carbonyl (C=O) groups excluding carboxylic acids is 2. The number of non-ortho nitro benzene ring substituents is 1. The number of rotatable bonds is 5. The van der Waals surface area contributed by atoms with Crippen LogP contribution in [0.4, 0.5) is 5.69 Å². The third-order valence-electron chi connectivity index (χ3n) is 5.19. The molecule has 184 valence electrons. The highest BCUT2D eigenvalue weighted by Gasteiger charge is 2.28. The Morgan fingerprint density at radius 1 is 1.08 bits per heavy atom. The number of nitrogens with zero attached hydrogens (tertiary/aromatic N) is 2. The summed E-state index contributed by atoms with van der Waals surface area (Å²) in [5, 5.41) is 12.1. The van der Waals surface area contributed by atoms with Crippen LogP contribution in [0.25, 0.3) is 16.2 Å². The summed E-state index contributed by atoms with van der Waals surface area (Å²) in [5.74, 6) is -1.17. The molecule has 0 radical (unpaired) electrons. The lowest BCUT2D eigenvalue weighted by molar-refractivity contribution is -0.384. The van der Waals surface area contributed by atoms with Crippen LogP contribution in [0, 0.1) is 10.1 Å². The molecule has 0 atom stereocenters. The minimum absolute atomic E-state index is 0.00422. The fourth-order valence-corrected chi connectivity index (χ4v) is 5.80. The number of nitro benzene ring substituents is 1. The van der Waals surface area contributed by atoms with Crippen molar-refractivity contribution in [3.8, 4) is 5.75 Å². The molecule has 2 heterocycles. The number of hydrogen-bond acceptors (Lipinski definition) is 8. The van der Waals surface area contributed by atoms with Gasteiger partial charge in [-0.2, -0.15) is 0 Å². The first-order valence-corrected chi connectivity index (χ1v) is 13.1. The number of hydrogen-bond donors (Lipinski definition) is 0. The monoisotopic (exact) mass is 660 g/mol. The molecule has 37 heavy (non-hydrogen) atoms. The van der Waals surface area contributed by atoms with Crippen molar-refractivity contribution in [3.63, 3.8) is 0 Å². The average Bonchev–Trinajstić information content (AvgIpc) is 3.39. The van der Waals surface area contributed by atoms with E-state index in [0.29, 0.717) is 19.9 Å². The van der Waals surface area contributed by atoms with Gasteiger partial charge in [-0.3, -0.25) is 10.1 Å². The van der Waals surface area contributed by atoms with E-state index in [1.807, 2.05) is 18.2 Å². The molecule has 12 heteroatoms.